The number of nitrogens with zero attached hydrogens (tertiary/aromatic N) is 1. The summed E-state index contributed by atoms with van der Waals surface area (Å²) in [7, 11) is 2.99. The standard InChI is InChI=1S/C20H27N3O7/c1-20(2,3)22-19(27)21-16(24)11-30-18(26)12-8-17(25)23(10-12)14-7-6-13(28-4)9-15(14)29-5/h6-7,9,12H,8,10-11H2,1-5H3,(H2,21,22,24,27)/t12-/m0/s1. The molecule has 10 heteroatoms. The molecule has 1 heterocycles. The summed E-state index contributed by atoms with van der Waals surface area (Å²) in [5.41, 5.74) is -0.00721. The van der Waals surface area contributed by atoms with Gasteiger partial charge in [0.15, 0.2) is 6.61 Å². The number of hydrogen-bond donors (Lipinski definition) is 2. The first-order chi connectivity index (χ1) is 14.0. The fourth-order valence-electron chi connectivity index (χ4n) is 2.90. The SMILES string of the molecule is COc1ccc(N2C[C@@H](C(=O)OCC(=O)NC(=O)NC(C)(C)C)CC2=O)c(OC)c1. The largest absolute Gasteiger partial charge is 0.497 e. The second-order valence-corrected chi connectivity index (χ2v) is 7.80. The summed E-state index contributed by atoms with van der Waals surface area (Å²) in [4.78, 5) is 49.6. The zero-order chi connectivity index (χ0) is 22.5. The number of anilines is 1. The Morgan fingerprint density at radius 3 is 2.47 bits per heavy atom. The summed E-state index contributed by atoms with van der Waals surface area (Å²) in [6, 6.07) is 4.31. The second kappa shape index (κ2) is 9.47. The van der Waals surface area contributed by atoms with Crippen molar-refractivity contribution in [1.29, 1.82) is 0 Å². The van der Waals surface area contributed by atoms with Crippen LogP contribution in [0.4, 0.5) is 10.5 Å². The van der Waals surface area contributed by atoms with Crippen molar-refractivity contribution in [3.63, 3.8) is 0 Å². The molecule has 30 heavy (non-hydrogen) atoms. The summed E-state index contributed by atoms with van der Waals surface area (Å²) < 4.78 is 15.4. The van der Waals surface area contributed by atoms with Gasteiger partial charge in [-0.25, -0.2) is 4.79 Å². The van der Waals surface area contributed by atoms with Crippen molar-refractivity contribution in [2.45, 2.75) is 32.7 Å². The molecule has 0 unspecified atom stereocenters. The van der Waals surface area contributed by atoms with E-state index >= 15 is 0 Å². The molecule has 0 bridgehead atoms. The first kappa shape index (κ1) is 23.0. The van der Waals surface area contributed by atoms with E-state index < -0.39 is 36.0 Å². The van der Waals surface area contributed by atoms with Crippen LogP contribution in [0.15, 0.2) is 18.2 Å². The third kappa shape index (κ3) is 6.10. The van der Waals surface area contributed by atoms with E-state index in [9.17, 15) is 19.2 Å². The predicted octanol–water partition coefficient (Wildman–Crippen LogP) is 1.22. The maximum atomic E-state index is 12.4. The number of nitrogens with one attached hydrogen (secondary N) is 2. The summed E-state index contributed by atoms with van der Waals surface area (Å²) in [5, 5.41) is 4.64. The first-order valence-corrected chi connectivity index (χ1v) is 9.35. The molecule has 1 aromatic rings. The number of esters is 1. The van der Waals surface area contributed by atoms with Gasteiger partial charge in [0.2, 0.25) is 5.91 Å². The number of methoxy groups -OCH3 is 2. The topological polar surface area (TPSA) is 123 Å². The van der Waals surface area contributed by atoms with Crippen LogP contribution in [0.2, 0.25) is 0 Å². The van der Waals surface area contributed by atoms with E-state index in [1.807, 2.05) is 0 Å². The van der Waals surface area contributed by atoms with Crippen LogP contribution >= 0.6 is 0 Å². The number of ether oxygens (including phenoxy) is 3. The van der Waals surface area contributed by atoms with Crippen LogP contribution in [-0.4, -0.2) is 56.7 Å². The van der Waals surface area contributed by atoms with E-state index in [2.05, 4.69) is 10.6 Å². The molecule has 0 radical (unpaired) electrons. The Bertz CT molecular complexity index is 832. The highest BCUT2D eigenvalue weighted by atomic mass is 16.5. The highest BCUT2D eigenvalue weighted by molar-refractivity contribution is 6.01. The van der Waals surface area contributed by atoms with Crippen LogP contribution in [0.5, 0.6) is 11.5 Å². The van der Waals surface area contributed by atoms with Gasteiger partial charge in [0.05, 0.1) is 25.8 Å². The minimum atomic E-state index is -0.761. The number of benzene rings is 1. The molecule has 1 aliphatic heterocycles. The van der Waals surface area contributed by atoms with E-state index in [0.717, 1.165) is 0 Å². The lowest BCUT2D eigenvalue weighted by molar-refractivity contribution is -0.152. The van der Waals surface area contributed by atoms with Crippen molar-refractivity contribution >= 4 is 29.5 Å². The van der Waals surface area contributed by atoms with Crippen LogP contribution in [-0.2, 0) is 19.1 Å². The molecule has 1 aromatic carbocycles. The number of imide groups is 1. The van der Waals surface area contributed by atoms with Crippen LogP contribution in [0.25, 0.3) is 0 Å². The molecule has 0 spiro atoms. The van der Waals surface area contributed by atoms with Gasteiger partial charge in [-0.2, -0.15) is 0 Å². The van der Waals surface area contributed by atoms with E-state index in [-0.39, 0.29) is 18.9 Å². The molecule has 0 saturated carbocycles. The van der Waals surface area contributed by atoms with Gasteiger partial charge in [-0.15, -0.1) is 0 Å². The molecule has 2 rings (SSSR count). The van der Waals surface area contributed by atoms with E-state index in [4.69, 9.17) is 14.2 Å². The Kier molecular flexibility index (Phi) is 7.25. The minimum Gasteiger partial charge on any atom is -0.497 e. The van der Waals surface area contributed by atoms with Crippen LogP contribution < -0.4 is 25.0 Å². The Morgan fingerprint density at radius 2 is 1.87 bits per heavy atom. The van der Waals surface area contributed by atoms with E-state index in [1.165, 1.54) is 19.1 Å². The van der Waals surface area contributed by atoms with Gasteiger partial charge < -0.3 is 24.4 Å². The van der Waals surface area contributed by atoms with Gasteiger partial charge >= 0.3 is 12.0 Å². The molecule has 1 saturated heterocycles. The van der Waals surface area contributed by atoms with Gasteiger partial charge in [-0.1, -0.05) is 0 Å². The van der Waals surface area contributed by atoms with Gasteiger partial charge in [-0.05, 0) is 32.9 Å². The maximum Gasteiger partial charge on any atom is 0.321 e. The predicted molar refractivity (Wildman–Crippen MR) is 107 cm³/mol. The normalized spacial score (nSPS) is 16.1. The number of carbonyl (C=O) groups excluding carboxylic acids is 4. The lowest BCUT2D eigenvalue weighted by atomic mass is 10.1. The Balaban J connectivity index is 1.93. The molecule has 4 amide bonds. The lowest BCUT2D eigenvalue weighted by Crippen LogP contribution is -2.49. The van der Waals surface area contributed by atoms with Gasteiger partial charge in [-0.3, -0.25) is 19.7 Å². The van der Waals surface area contributed by atoms with Crippen LogP contribution in [0.1, 0.15) is 27.2 Å². The third-order valence-corrected chi connectivity index (χ3v) is 4.22. The molecular formula is C20H27N3O7. The zero-order valence-corrected chi connectivity index (χ0v) is 17.7. The molecule has 1 atom stereocenters. The maximum absolute atomic E-state index is 12.4. The van der Waals surface area contributed by atoms with E-state index in [0.29, 0.717) is 17.2 Å². The highest BCUT2D eigenvalue weighted by Crippen LogP contribution is 2.35. The van der Waals surface area contributed by atoms with Crippen LogP contribution in [0.3, 0.4) is 0 Å². The summed E-state index contributed by atoms with van der Waals surface area (Å²) in [5.74, 6) is -1.46. The third-order valence-electron chi connectivity index (χ3n) is 4.22. The average Bonchev–Trinajstić information content (AvgIpc) is 3.05. The van der Waals surface area contributed by atoms with Crippen molar-refractivity contribution in [3.8, 4) is 11.5 Å². The average molecular weight is 421 g/mol. The molecule has 10 nitrogen and oxygen atoms in total. The van der Waals surface area contributed by atoms with Crippen molar-refractivity contribution in [2.75, 3.05) is 32.3 Å². The molecular weight excluding hydrogens is 394 g/mol. The quantitative estimate of drug-likeness (QED) is 0.662. The summed E-state index contributed by atoms with van der Waals surface area (Å²) in [6.07, 6.45) is -0.0554. The molecule has 1 aliphatic rings. The van der Waals surface area contributed by atoms with Crippen molar-refractivity contribution in [1.82, 2.24) is 10.6 Å². The number of urea groups is 1. The Labute approximate surface area is 174 Å². The van der Waals surface area contributed by atoms with Crippen LogP contribution in [0, 0.1) is 5.92 Å². The smallest absolute Gasteiger partial charge is 0.321 e. The fourth-order valence-corrected chi connectivity index (χ4v) is 2.90. The van der Waals surface area contributed by atoms with Crippen molar-refractivity contribution in [2.24, 2.45) is 5.92 Å². The summed E-state index contributed by atoms with van der Waals surface area (Å²) in [6.45, 7) is 4.76. The summed E-state index contributed by atoms with van der Waals surface area (Å²) >= 11 is 0. The lowest BCUT2D eigenvalue weighted by Gasteiger charge is -2.20. The van der Waals surface area contributed by atoms with Crippen molar-refractivity contribution < 1.29 is 33.4 Å². The number of amides is 4. The van der Waals surface area contributed by atoms with E-state index in [1.54, 1.807) is 39.0 Å². The molecule has 1 fully saturated rings. The Morgan fingerprint density at radius 1 is 1.17 bits per heavy atom. The van der Waals surface area contributed by atoms with Gasteiger partial charge in [0.1, 0.15) is 11.5 Å². The molecule has 0 aromatic heterocycles. The second-order valence-electron chi connectivity index (χ2n) is 7.80. The molecule has 2 N–H and O–H groups in total. The Hall–Kier alpha value is -3.30. The molecule has 0 aliphatic carbocycles. The molecule has 164 valence electrons. The van der Waals surface area contributed by atoms with Gasteiger partial charge in [0, 0.05) is 24.6 Å². The number of hydrogen-bond acceptors (Lipinski definition) is 7. The number of carbonyl (C=O) groups is 4. The monoisotopic (exact) mass is 421 g/mol. The fraction of sp³-hybridized carbons (Fsp3) is 0.500. The first-order valence-electron chi connectivity index (χ1n) is 9.35. The highest BCUT2D eigenvalue weighted by Gasteiger charge is 2.37. The van der Waals surface area contributed by atoms with Crippen molar-refractivity contribution in [3.05, 3.63) is 18.2 Å². The van der Waals surface area contributed by atoms with Gasteiger partial charge in [0.25, 0.3) is 5.91 Å². The number of rotatable bonds is 6. The zero-order valence-electron chi connectivity index (χ0n) is 17.7. The minimum absolute atomic E-state index is 0.0554.